The van der Waals surface area contributed by atoms with Crippen LogP contribution in [0.5, 0.6) is 0 Å². The molecule has 0 saturated carbocycles. The lowest BCUT2D eigenvalue weighted by Gasteiger charge is -2.29. The van der Waals surface area contributed by atoms with Gasteiger partial charge in [-0.15, -0.1) is 0 Å². The highest BCUT2D eigenvalue weighted by Gasteiger charge is 2.33. The molecule has 7 nitrogen and oxygen atoms in total. The molecule has 2 aromatic rings. The summed E-state index contributed by atoms with van der Waals surface area (Å²) in [7, 11) is 0. The molecule has 2 atom stereocenters. The summed E-state index contributed by atoms with van der Waals surface area (Å²) >= 11 is 0. The second-order valence-corrected chi connectivity index (χ2v) is 9.53. The van der Waals surface area contributed by atoms with Crippen molar-refractivity contribution in [2.75, 3.05) is 19.7 Å². The number of likely N-dealkylation sites (tertiary alicyclic amines) is 1. The van der Waals surface area contributed by atoms with Gasteiger partial charge in [-0.1, -0.05) is 68.3 Å². The molecule has 2 amide bonds. The second-order valence-electron chi connectivity index (χ2n) is 9.53. The first-order valence-electron chi connectivity index (χ1n) is 12.6. The van der Waals surface area contributed by atoms with Gasteiger partial charge in [0.2, 0.25) is 5.91 Å². The maximum Gasteiger partial charge on any atom is 0.407 e. The quantitative estimate of drug-likeness (QED) is 0.532. The fraction of sp³-hybridized carbons (Fsp3) is 0.464. The van der Waals surface area contributed by atoms with Gasteiger partial charge in [-0.25, -0.2) is 9.59 Å². The Labute approximate surface area is 206 Å². The van der Waals surface area contributed by atoms with Crippen molar-refractivity contribution >= 4 is 18.0 Å². The summed E-state index contributed by atoms with van der Waals surface area (Å²) in [6.07, 6.45) is 3.85. The Morgan fingerprint density at radius 3 is 2.34 bits per heavy atom. The molecule has 4 rings (SSSR count). The number of nitrogens with one attached hydrogen (secondary N) is 1. The van der Waals surface area contributed by atoms with Crippen molar-refractivity contribution in [1.82, 2.24) is 10.2 Å². The third kappa shape index (κ3) is 5.66. The summed E-state index contributed by atoms with van der Waals surface area (Å²) < 4.78 is 5.55. The van der Waals surface area contributed by atoms with E-state index in [-0.39, 0.29) is 24.3 Å². The fourth-order valence-electron chi connectivity index (χ4n) is 5.28. The number of carbonyl (C=O) groups is 3. The second kappa shape index (κ2) is 11.4. The molecule has 2 N–H and O–H groups in total. The third-order valence-electron chi connectivity index (χ3n) is 7.17. The molecule has 2 aliphatic rings. The van der Waals surface area contributed by atoms with Gasteiger partial charge in [0, 0.05) is 24.9 Å². The van der Waals surface area contributed by atoms with Gasteiger partial charge < -0.3 is 20.1 Å². The summed E-state index contributed by atoms with van der Waals surface area (Å²) in [5.74, 6) is -1.31. The van der Waals surface area contributed by atoms with Gasteiger partial charge in [0.1, 0.15) is 12.6 Å². The zero-order chi connectivity index (χ0) is 24.8. The maximum atomic E-state index is 12.9. The van der Waals surface area contributed by atoms with Crippen molar-refractivity contribution in [2.24, 2.45) is 5.92 Å². The number of hydrogen-bond donors (Lipinski definition) is 2. The van der Waals surface area contributed by atoms with E-state index >= 15 is 0 Å². The zero-order valence-corrected chi connectivity index (χ0v) is 20.2. The molecule has 0 bridgehead atoms. The fourth-order valence-corrected chi connectivity index (χ4v) is 5.28. The van der Waals surface area contributed by atoms with E-state index < -0.39 is 18.1 Å². The first kappa shape index (κ1) is 24.8. The summed E-state index contributed by atoms with van der Waals surface area (Å²) in [5, 5.41) is 12.3. The minimum Gasteiger partial charge on any atom is -0.480 e. The molecule has 186 valence electrons. The number of aliphatic carboxylic acids is 1. The normalized spacial score (nSPS) is 18.2. The van der Waals surface area contributed by atoms with Crippen molar-refractivity contribution < 1.29 is 24.2 Å². The highest BCUT2D eigenvalue weighted by molar-refractivity contribution is 5.85. The van der Waals surface area contributed by atoms with E-state index in [9.17, 15) is 19.5 Å². The molecule has 7 heteroatoms. The number of alkyl carbamates (subject to hydrolysis) is 1. The summed E-state index contributed by atoms with van der Waals surface area (Å²) in [6, 6.07) is 15.7. The Hall–Kier alpha value is -3.35. The van der Waals surface area contributed by atoms with E-state index in [1.54, 1.807) is 4.90 Å². The standard InChI is InChI=1S/C28H34N2O5/c1-19(26(31)30-17-8-2-3-15-25(30)27(32)33)10-9-16-29-28(34)35-18-24-22-13-6-4-11-20(22)21-12-5-7-14-23(21)24/h4-7,11-14,19,24-25H,2-3,8-10,15-18H2,1H3,(H,29,34)(H,32,33). The van der Waals surface area contributed by atoms with Crippen LogP contribution in [-0.4, -0.2) is 53.7 Å². The monoisotopic (exact) mass is 478 g/mol. The average molecular weight is 479 g/mol. The third-order valence-corrected chi connectivity index (χ3v) is 7.17. The number of carbonyl (C=O) groups excluding carboxylic acids is 2. The number of rotatable bonds is 8. The van der Waals surface area contributed by atoms with Gasteiger partial charge in [0.05, 0.1) is 0 Å². The lowest BCUT2D eigenvalue weighted by molar-refractivity contribution is -0.151. The highest BCUT2D eigenvalue weighted by Crippen LogP contribution is 2.44. The summed E-state index contributed by atoms with van der Waals surface area (Å²) in [4.78, 5) is 38.4. The number of hydrogen-bond acceptors (Lipinski definition) is 4. The van der Waals surface area contributed by atoms with Crippen LogP contribution in [0.1, 0.15) is 62.5 Å². The lowest BCUT2D eigenvalue weighted by atomic mass is 9.98. The Balaban J connectivity index is 1.22. The first-order chi connectivity index (χ1) is 17.0. The largest absolute Gasteiger partial charge is 0.480 e. The maximum absolute atomic E-state index is 12.9. The van der Waals surface area contributed by atoms with E-state index in [0.717, 1.165) is 19.3 Å². The molecule has 1 aliphatic heterocycles. The molecular formula is C28H34N2O5. The molecule has 2 unspecified atom stereocenters. The first-order valence-corrected chi connectivity index (χ1v) is 12.6. The van der Waals surface area contributed by atoms with Gasteiger partial charge >= 0.3 is 12.1 Å². The molecule has 2 aromatic carbocycles. The number of fused-ring (bicyclic) bond motifs is 3. The zero-order valence-electron chi connectivity index (χ0n) is 20.2. The van der Waals surface area contributed by atoms with E-state index in [0.29, 0.717) is 32.4 Å². The van der Waals surface area contributed by atoms with Crippen molar-refractivity contribution in [3.63, 3.8) is 0 Å². The Kier molecular flexibility index (Phi) is 8.06. The van der Waals surface area contributed by atoms with Gasteiger partial charge in [-0.3, -0.25) is 4.79 Å². The number of ether oxygens (including phenoxy) is 1. The lowest BCUT2D eigenvalue weighted by Crippen LogP contribution is -2.46. The van der Waals surface area contributed by atoms with Gasteiger partial charge in [0.25, 0.3) is 0 Å². The molecule has 1 aliphatic carbocycles. The van der Waals surface area contributed by atoms with E-state index in [2.05, 4.69) is 29.6 Å². The molecule has 0 aromatic heterocycles. The number of carboxylic acid groups (broad SMARTS) is 1. The highest BCUT2D eigenvalue weighted by atomic mass is 16.5. The minimum absolute atomic E-state index is 0.0154. The van der Waals surface area contributed by atoms with Crippen LogP contribution in [0.3, 0.4) is 0 Å². The number of amides is 2. The van der Waals surface area contributed by atoms with Crippen molar-refractivity contribution in [1.29, 1.82) is 0 Å². The minimum atomic E-state index is -0.927. The van der Waals surface area contributed by atoms with E-state index in [4.69, 9.17) is 4.74 Å². The topological polar surface area (TPSA) is 95.9 Å². The molecule has 35 heavy (non-hydrogen) atoms. The number of benzene rings is 2. The predicted molar refractivity (Wildman–Crippen MR) is 133 cm³/mol. The Bertz CT molecular complexity index is 1020. The molecular weight excluding hydrogens is 444 g/mol. The molecule has 0 spiro atoms. The number of carboxylic acids is 1. The van der Waals surface area contributed by atoms with Crippen LogP contribution in [0.15, 0.2) is 48.5 Å². The van der Waals surface area contributed by atoms with Crippen molar-refractivity contribution in [3.05, 3.63) is 59.7 Å². The predicted octanol–water partition coefficient (Wildman–Crippen LogP) is 4.80. The number of nitrogens with zero attached hydrogens (tertiary/aromatic N) is 1. The van der Waals surface area contributed by atoms with Crippen LogP contribution in [0.2, 0.25) is 0 Å². The van der Waals surface area contributed by atoms with E-state index in [1.807, 2.05) is 31.2 Å². The van der Waals surface area contributed by atoms with Crippen LogP contribution in [0.25, 0.3) is 11.1 Å². The Morgan fingerprint density at radius 1 is 1.03 bits per heavy atom. The molecule has 1 fully saturated rings. The molecule has 1 heterocycles. The summed E-state index contributed by atoms with van der Waals surface area (Å²) in [6.45, 7) is 2.99. The smallest absolute Gasteiger partial charge is 0.407 e. The van der Waals surface area contributed by atoms with Crippen LogP contribution >= 0.6 is 0 Å². The molecule has 0 radical (unpaired) electrons. The van der Waals surface area contributed by atoms with Gasteiger partial charge in [0.15, 0.2) is 0 Å². The van der Waals surface area contributed by atoms with Crippen molar-refractivity contribution in [3.8, 4) is 11.1 Å². The van der Waals surface area contributed by atoms with E-state index in [1.165, 1.54) is 22.3 Å². The van der Waals surface area contributed by atoms with Crippen LogP contribution in [0, 0.1) is 5.92 Å². The Morgan fingerprint density at radius 2 is 1.69 bits per heavy atom. The van der Waals surface area contributed by atoms with Crippen molar-refractivity contribution in [2.45, 2.75) is 57.4 Å². The molecule has 1 saturated heterocycles. The van der Waals surface area contributed by atoms with Crippen LogP contribution in [0.4, 0.5) is 4.79 Å². The van der Waals surface area contributed by atoms with Crippen LogP contribution in [-0.2, 0) is 14.3 Å². The van der Waals surface area contributed by atoms with Gasteiger partial charge in [-0.05, 0) is 47.9 Å². The summed E-state index contributed by atoms with van der Waals surface area (Å²) in [5.41, 5.74) is 4.71. The van der Waals surface area contributed by atoms with Crippen LogP contribution < -0.4 is 5.32 Å². The van der Waals surface area contributed by atoms with Gasteiger partial charge in [-0.2, -0.15) is 0 Å². The SMILES string of the molecule is CC(CCCNC(=O)OCC1c2ccccc2-c2ccccc21)C(=O)N1CCCCCC1C(=O)O. The average Bonchev–Trinajstić information content (AvgIpc) is 3.00.